The maximum Gasteiger partial charge on any atom is 0.338 e. The molecule has 1 spiro atoms. The van der Waals surface area contributed by atoms with E-state index < -0.39 is 70.7 Å². The first-order valence-corrected chi connectivity index (χ1v) is 23.3. The maximum atomic E-state index is 14.5. The zero-order valence-electron chi connectivity index (χ0n) is 37.5. The predicted molar refractivity (Wildman–Crippen MR) is 233 cm³/mol. The molecule has 11 heteroatoms. The Kier molecular flexibility index (Phi) is 14.7. The fourth-order valence-corrected chi connectivity index (χ4v) is 14.2. The van der Waals surface area contributed by atoms with Gasteiger partial charge in [-0.05, 0) is 82.4 Å². The highest BCUT2D eigenvalue weighted by atomic mass is 16.6. The molecule has 1 aromatic carbocycles. The summed E-state index contributed by atoms with van der Waals surface area (Å²) in [6.07, 6.45) is 19.5. The third-order valence-electron chi connectivity index (χ3n) is 16.0. The second-order valence-corrected chi connectivity index (χ2v) is 18.8. The fraction of sp³-hybridized carbons (Fsp3) is 0.720. The van der Waals surface area contributed by atoms with Crippen molar-refractivity contribution in [2.24, 2.45) is 34.5 Å². The van der Waals surface area contributed by atoms with Gasteiger partial charge in [0, 0.05) is 76.0 Å². The number of aliphatic hydroxyl groups is 2. The Bertz CT molecular complexity index is 1730. The van der Waals surface area contributed by atoms with Crippen LogP contribution in [0.5, 0.6) is 0 Å². The number of allylic oxidation sites excluding steroid dienone is 6. The standard InChI is InChI=1S/C50H73NO10/c1-7-9-10-11-12-13-14-15-16-17-18-19-20-21-25-28-37(52)61-50-38-35(31-48(55,45(59-6)43(50)53)44(38)60-46(54)34-26-23-22-24-27-34)49-36(57-4)29-30-47(33-56-3)32-51(8-2)42(49)39(50)40(58-5)41(47)49/h9-10,12-13,15-16,22-24,26-27,35-36,38-45,53,55H,7-8,11,14,17-21,25,28-33H2,1-6H3/b10-9-,13-12-,16-15-/t35-,36+,38-,39+,40+,41-,42?,43+,44-,45+,47+,48-,49+,50-/m1/s1. The Morgan fingerprint density at radius 3 is 2.23 bits per heavy atom. The van der Waals surface area contributed by atoms with E-state index in [0.717, 1.165) is 70.8 Å². The molecule has 6 fully saturated rings. The van der Waals surface area contributed by atoms with Crippen LogP contribution >= 0.6 is 0 Å². The number of ether oxygens (including phenoxy) is 6. The summed E-state index contributed by atoms with van der Waals surface area (Å²) in [6, 6.07) is 8.52. The lowest BCUT2D eigenvalue weighted by Crippen LogP contribution is -2.81. The molecule has 14 atom stereocenters. The van der Waals surface area contributed by atoms with Gasteiger partial charge in [0.1, 0.15) is 23.9 Å². The molecule has 1 aromatic rings. The third-order valence-corrected chi connectivity index (χ3v) is 16.0. The van der Waals surface area contributed by atoms with Crippen molar-refractivity contribution >= 4 is 11.9 Å². The summed E-state index contributed by atoms with van der Waals surface area (Å²) in [6.45, 7) is 6.26. The van der Waals surface area contributed by atoms with Gasteiger partial charge in [-0.25, -0.2) is 4.79 Å². The van der Waals surface area contributed by atoms with E-state index in [-0.39, 0.29) is 36.3 Å². The molecule has 0 amide bonds. The largest absolute Gasteiger partial charge is 0.455 e. The number of esters is 2. The molecule has 61 heavy (non-hydrogen) atoms. The van der Waals surface area contributed by atoms with Gasteiger partial charge in [0.25, 0.3) is 0 Å². The Morgan fingerprint density at radius 1 is 0.852 bits per heavy atom. The predicted octanol–water partition coefficient (Wildman–Crippen LogP) is 7.25. The second-order valence-electron chi connectivity index (χ2n) is 18.8. The Hall–Kier alpha value is -2.90. The number of benzene rings is 1. The molecule has 0 radical (unpaired) electrons. The van der Waals surface area contributed by atoms with Crippen molar-refractivity contribution in [1.82, 2.24) is 4.90 Å². The van der Waals surface area contributed by atoms with Crippen LogP contribution in [0.4, 0.5) is 0 Å². The number of methoxy groups -OCH3 is 4. The molecular weight excluding hydrogens is 775 g/mol. The van der Waals surface area contributed by atoms with E-state index in [9.17, 15) is 19.8 Å². The molecule has 1 saturated heterocycles. The van der Waals surface area contributed by atoms with Crippen molar-refractivity contribution < 1.29 is 48.2 Å². The normalized spacial score (nSPS) is 39.7. The van der Waals surface area contributed by atoms with Crippen LogP contribution in [0, 0.1) is 34.5 Å². The zero-order valence-corrected chi connectivity index (χ0v) is 37.5. The summed E-state index contributed by atoms with van der Waals surface area (Å²) in [5, 5.41) is 26.1. The van der Waals surface area contributed by atoms with Gasteiger partial charge in [0.05, 0.1) is 24.4 Å². The molecule has 338 valence electrons. The van der Waals surface area contributed by atoms with Crippen molar-refractivity contribution in [1.29, 1.82) is 0 Å². The first kappa shape index (κ1) is 46.1. The van der Waals surface area contributed by atoms with Crippen LogP contribution in [-0.4, -0.2) is 123 Å². The van der Waals surface area contributed by atoms with E-state index in [4.69, 9.17) is 28.4 Å². The van der Waals surface area contributed by atoms with Crippen LogP contribution in [-0.2, 0) is 33.2 Å². The lowest BCUT2D eigenvalue weighted by Gasteiger charge is -2.69. The van der Waals surface area contributed by atoms with Crippen LogP contribution in [0.25, 0.3) is 0 Å². The van der Waals surface area contributed by atoms with E-state index in [1.165, 1.54) is 7.11 Å². The molecular formula is C50H73NO10. The fourth-order valence-electron chi connectivity index (χ4n) is 14.2. The summed E-state index contributed by atoms with van der Waals surface area (Å²) >= 11 is 0. The quantitative estimate of drug-likeness (QED) is 0.0695. The number of likely N-dealkylation sites (tertiary alicyclic amines) is 1. The van der Waals surface area contributed by atoms with Crippen LogP contribution in [0.2, 0.25) is 0 Å². The van der Waals surface area contributed by atoms with Crippen LogP contribution < -0.4 is 0 Å². The molecule has 7 bridgehead atoms. The van der Waals surface area contributed by atoms with E-state index in [1.807, 2.05) is 6.07 Å². The van der Waals surface area contributed by atoms with E-state index in [0.29, 0.717) is 25.1 Å². The van der Waals surface area contributed by atoms with Crippen LogP contribution in [0.3, 0.4) is 0 Å². The molecule has 6 aliphatic rings. The van der Waals surface area contributed by atoms with Gasteiger partial charge in [-0.15, -0.1) is 0 Å². The van der Waals surface area contributed by atoms with E-state index in [1.54, 1.807) is 45.6 Å². The number of unbranched alkanes of at least 4 members (excludes halogenated alkanes) is 5. The number of nitrogens with zero attached hydrogens (tertiary/aromatic N) is 1. The summed E-state index contributed by atoms with van der Waals surface area (Å²) in [7, 11) is 6.71. The number of aliphatic hydroxyl groups excluding tert-OH is 1. The summed E-state index contributed by atoms with van der Waals surface area (Å²) in [5.41, 5.74) is -4.01. The first-order chi connectivity index (χ1) is 29.6. The molecule has 1 heterocycles. The number of carbonyl (C=O) groups excluding carboxylic acids is 2. The average Bonchev–Trinajstić information content (AvgIpc) is 3.64. The van der Waals surface area contributed by atoms with Gasteiger partial charge < -0.3 is 38.6 Å². The molecule has 2 N–H and O–H groups in total. The van der Waals surface area contributed by atoms with Crippen molar-refractivity contribution in [3.05, 3.63) is 72.4 Å². The summed E-state index contributed by atoms with van der Waals surface area (Å²) in [4.78, 5) is 31.1. The minimum Gasteiger partial charge on any atom is -0.455 e. The topological polar surface area (TPSA) is 133 Å². The third kappa shape index (κ3) is 7.59. The van der Waals surface area contributed by atoms with Gasteiger partial charge in [0.2, 0.25) is 0 Å². The first-order valence-electron chi connectivity index (χ1n) is 23.3. The summed E-state index contributed by atoms with van der Waals surface area (Å²) in [5.74, 6) is -2.84. The Morgan fingerprint density at radius 2 is 1.56 bits per heavy atom. The van der Waals surface area contributed by atoms with Gasteiger partial charge in [-0.3, -0.25) is 9.69 Å². The maximum absolute atomic E-state index is 14.5. The van der Waals surface area contributed by atoms with Crippen LogP contribution in [0.1, 0.15) is 108 Å². The number of rotatable bonds is 22. The van der Waals surface area contributed by atoms with Crippen LogP contribution in [0.15, 0.2) is 66.8 Å². The zero-order chi connectivity index (χ0) is 43.4. The number of hydrogen-bond acceptors (Lipinski definition) is 11. The minimum absolute atomic E-state index is 0.118. The molecule has 0 aromatic heterocycles. The van der Waals surface area contributed by atoms with Gasteiger partial charge >= 0.3 is 11.9 Å². The molecule has 5 aliphatic carbocycles. The lowest BCUT2D eigenvalue weighted by molar-refractivity contribution is -0.318. The average molecular weight is 848 g/mol. The van der Waals surface area contributed by atoms with Gasteiger partial charge in [0.15, 0.2) is 5.60 Å². The highest BCUT2D eigenvalue weighted by Crippen LogP contribution is 2.80. The Labute approximate surface area is 364 Å². The van der Waals surface area contributed by atoms with Crippen molar-refractivity contribution in [3.8, 4) is 0 Å². The number of fused-ring (bicyclic) bond motifs is 2. The molecule has 11 nitrogen and oxygen atoms in total. The molecule has 1 unspecified atom stereocenters. The van der Waals surface area contributed by atoms with Gasteiger partial charge in [-0.2, -0.15) is 0 Å². The Balaban J connectivity index is 1.19. The molecule has 7 rings (SSSR count). The molecule has 5 saturated carbocycles. The minimum atomic E-state index is -1.78. The van der Waals surface area contributed by atoms with Crippen molar-refractivity contribution in [2.75, 3.05) is 48.1 Å². The van der Waals surface area contributed by atoms with E-state index in [2.05, 4.69) is 55.2 Å². The van der Waals surface area contributed by atoms with Crippen molar-refractivity contribution in [2.45, 2.75) is 145 Å². The highest BCUT2D eigenvalue weighted by Gasteiger charge is 2.91. The monoisotopic (exact) mass is 848 g/mol. The van der Waals surface area contributed by atoms with E-state index >= 15 is 0 Å². The highest BCUT2D eigenvalue weighted by molar-refractivity contribution is 5.89. The SMILES string of the molecule is CC/C=C\C/C=C\C/C=C\CCCCCCCC(=O)O[C@]12[C@H]3[C@@H](OC(=O)c4ccccc4)[C@](O)(C[C@H]3[C@@]34C5[C@@H]1[C@H](OC)[C@@H]3[C@@](COC)(CC[C@@H]4OC)CN5CC)[C@@H](OC)[C@@H]2O. The number of carbonyl (C=O) groups is 2. The number of piperidine rings is 1. The van der Waals surface area contributed by atoms with Gasteiger partial charge in [-0.1, -0.05) is 87.8 Å². The second kappa shape index (κ2) is 19.5. The number of hydrogen-bond donors (Lipinski definition) is 2. The smallest absolute Gasteiger partial charge is 0.338 e. The van der Waals surface area contributed by atoms with Crippen molar-refractivity contribution in [3.63, 3.8) is 0 Å². The molecule has 1 aliphatic heterocycles. The summed E-state index contributed by atoms with van der Waals surface area (Å²) < 4.78 is 39.0. The lowest BCUT2D eigenvalue weighted by atomic mass is 9.43.